The molecule has 0 aliphatic rings. The number of hydrogen-bond donors (Lipinski definition) is 0. The van der Waals surface area contributed by atoms with Crippen molar-refractivity contribution < 1.29 is 9.15 Å². The van der Waals surface area contributed by atoms with Crippen LogP contribution >= 0.6 is 11.8 Å². The molecule has 0 amide bonds. The number of fused-ring (bicyclic) bond motifs is 1. The second-order valence-corrected chi connectivity index (χ2v) is 6.38. The number of nitrogens with zero attached hydrogens (tertiary/aromatic N) is 2. The number of benzene rings is 1. The van der Waals surface area contributed by atoms with E-state index in [1.54, 1.807) is 13.2 Å². The molecule has 4 rings (SSSR count). The number of methoxy groups -OCH3 is 1. The Morgan fingerprint density at radius 3 is 2.88 bits per heavy atom. The van der Waals surface area contributed by atoms with E-state index in [4.69, 9.17) is 14.1 Å². The van der Waals surface area contributed by atoms with Gasteiger partial charge in [0.2, 0.25) is 0 Å². The van der Waals surface area contributed by atoms with Crippen LogP contribution in [0.3, 0.4) is 0 Å². The Bertz CT molecular complexity index is 1100. The molecule has 0 aliphatic heterocycles. The summed E-state index contributed by atoms with van der Waals surface area (Å²) < 4.78 is 12.1. The van der Waals surface area contributed by atoms with E-state index < -0.39 is 0 Å². The van der Waals surface area contributed by atoms with Crippen molar-refractivity contribution in [2.75, 3.05) is 7.11 Å². The van der Waals surface area contributed by atoms with E-state index in [1.807, 2.05) is 53.1 Å². The van der Waals surface area contributed by atoms with E-state index in [0.717, 1.165) is 32.6 Å². The van der Waals surface area contributed by atoms with Crippen molar-refractivity contribution in [1.82, 2.24) is 9.38 Å². The van der Waals surface area contributed by atoms with E-state index in [9.17, 15) is 4.79 Å². The maximum absolute atomic E-state index is 11.5. The van der Waals surface area contributed by atoms with Crippen LogP contribution in [0.25, 0.3) is 16.9 Å². The molecule has 0 atom stereocenters. The van der Waals surface area contributed by atoms with Crippen LogP contribution in [0.1, 0.15) is 0 Å². The molecule has 6 heteroatoms. The minimum Gasteiger partial charge on any atom is -0.497 e. The molecule has 0 aliphatic carbocycles. The fourth-order valence-electron chi connectivity index (χ4n) is 2.57. The van der Waals surface area contributed by atoms with Crippen LogP contribution in [0.15, 0.2) is 86.2 Å². The van der Waals surface area contributed by atoms with Crippen molar-refractivity contribution >= 4 is 17.4 Å². The van der Waals surface area contributed by atoms with Gasteiger partial charge in [0.15, 0.2) is 0 Å². The van der Waals surface area contributed by atoms with Crippen LogP contribution in [0, 0.1) is 0 Å². The molecular formula is C19H14N2O3S. The van der Waals surface area contributed by atoms with E-state index in [-0.39, 0.29) is 5.63 Å². The third kappa shape index (κ3) is 3.04. The molecule has 3 heterocycles. The number of rotatable bonds is 4. The lowest BCUT2D eigenvalue weighted by atomic mass is 10.1. The van der Waals surface area contributed by atoms with Gasteiger partial charge in [0, 0.05) is 22.7 Å². The Balaban J connectivity index is 1.90. The highest BCUT2D eigenvalue weighted by Crippen LogP contribution is 2.36. The molecule has 124 valence electrons. The van der Waals surface area contributed by atoms with E-state index >= 15 is 0 Å². The summed E-state index contributed by atoms with van der Waals surface area (Å²) >= 11 is 1.47. The zero-order valence-electron chi connectivity index (χ0n) is 13.4. The van der Waals surface area contributed by atoms with Crippen molar-refractivity contribution in [3.63, 3.8) is 0 Å². The van der Waals surface area contributed by atoms with Crippen molar-refractivity contribution in [2.45, 2.75) is 9.92 Å². The second-order valence-electron chi connectivity index (χ2n) is 5.31. The first kappa shape index (κ1) is 15.5. The summed E-state index contributed by atoms with van der Waals surface area (Å²) in [6.45, 7) is 0. The van der Waals surface area contributed by atoms with Crippen molar-refractivity contribution in [2.24, 2.45) is 0 Å². The first-order valence-corrected chi connectivity index (χ1v) is 8.44. The molecule has 3 aromatic heterocycles. The number of imidazole rings is 1. The van der Waals surface area contributed by atoms with Crippen molar-refractivity contribution in [3.8, 4) is 17.0 Å². The van der Waals surface area contributed by atoms with Gasteiger partial charge in [-0.1, -0.05) is 30.0 Å². The zero-order chi connectivity index (χ0) is 17.2. The molecule has 0 unspecified atom stereocenters. The largest absolute Gasteiger partial charge is 0.497 e. The summed E-state index contributed by atoms with van der Waals surface area (Å²) in [6.07, 6.45) is 3.36. The first-order valence-electron chi connectivity index (χ1n) is 7.63. The number of ether oxygens (including phenoxy) is 1. The van der Waals surface area contributed by atoms with Crippen LogP contribution in [-0.4, -0.2) is 16.5 Å². The molecular weight excluding hydrogens is 336 g/mol. The Kier molecular flexibility index (Phi) is 4.03. The second kappa shape index (κ2) is 6.49. The third-order valence-electron chi connectivity index (χ3n) is 3.72. The predicted molar refractivity (Wildman–Crippen MR) is 96.3 cm³/mol. The Hall–Kier alpha value is -2.99. The van der Waals surface area contributed by atoms with Gasteiger partial charge in [0.25, 0.3) is 0 Å². The topological polar surface area (TPSA) is 56.7 Å². The SMILES string of the molecule is COc1cccc(-c2nc3ccccn3c2Sc2ccoc(=O)c2)c1. The van der Waals surface area contributed by atoms with Gasteiger partial charge in [0.05, 0.1) is 13.4 Å². The fourth-order valence-corrected chi connectivity index (χ4v) is 3.59. The Labute approximate surface area is 147 Å². The molecule has 0 fully saturated rings. The van der Waals surface area contributed by atoms with Crippen LogP contribution in [0.5, 0.6) is 5.75 Å². The normalized spacial score (nSPS) is 10.9. The minimum atomic E-state index is -0.373. The fraction of sp³-hybridized carbons (Fsp3) is 0.0526. The third-order valence-corrected chi connectivity index (χ3v) is 4.79. The molecule has 5 nitrogen and oxygen atoms in total. The average molecular weight is 350 g/mol. The lowest BCUT2D eigenvalue weighted by Gasteiger charge is -2.06. The van der Waals surface area contributed by atoms with E-state index in [2.05, 4.69) is 0 Å². The number of pyridine rings is 1. The molecule has 1 aromatic carbocycles. The summed E-state index contributed by atoms with van der Waals surface area (Å²) in [6, 6.07) is 16.9. The molecule has 0 bridgehead atoms. The van der Waals surface area contributed by atoms with Gasteiger partial charge in [-0.3, -0.25) is 4.40 Å². The number of hydrogen-bond acceptors (Lipinski definition) is 5. The van der Waals surface area contributed by atoms with Crippen molar-refractivity contribution in [3.05, 3.63) is 77.5 Å². The highest BCUT2D eigenvalue weighted by atomic mass is 32.2. The number of aromatic nitrogens is 2. The van der Waals surface area contributed by atoms with Crippen LogP contribution in [0.4, 0.5) is 0 Å². The highest BCUT2D eigenvalue weighted by molar-refractivity contribution is 7.99. The smallest absolute Gasteiger partial charge is 0.336 e. The summed E-state index contributed by atoms with van der Waals surface area (Å²) in [4.78, 5) is 17.1. The molecule has 0 N–H and O–H groups in total. The molecule has 0 spiro atoms. The van der Waals surface area contributed by atoms with Gasteiger partial charge in [-0.2, -0.15) is 0 Å². The molecule has 0 saturated carbocycles. The summed E-state index contributed by atoms with van der Waals surface area (Å²) in [5.41, 5.74) is 2.25. The van der Waals surface area contributed by atoms with Gasteiger partial charge < -0.3 is 9.15 Å². The minimum absolute atomic E-state index is 0.373. The summed E-state index contributed by atoms with van der Waals surface area (Å²) in [5.74, 6) is 0.769. The Morgan fingerprint density at radius 1 is 1.12 bits per heavy atom. The van der Waals surface area contributed by atoms with E-state index in [0.29, 0.717) is 0 Å². The maximum atomic E-state index is 11.5. The standard InChI is InChI=1S/C19H14N2O3S/c1-23-14-6-4-5-13(11-14)18-19(21-9-3-2-7-16(21)20-18)25-15-8-10-24-17(22)12-15/h2-12H,1H3. The lowest BCUT2D eigenvalue weighted by Crippen LogP contribution is -1.95. The van der Waals surface area contributed by atoms with Gasteiger partial charge >= 0.3 is 5.63 Å². The Morgan fingerprint density at radius 2 is 2.04 bits per heavy atom. The molecule has 4 aromatic rings. The molecule has 25 heavy (non-hydrogen) atoms. The van der Waals surface area contributed by atoms with Crippen LogP contribution < -0.4 is 10.4 Å². The monoisotopic (exact) mass is 350 g/mol. The van der Waals surface area contributed by atoms with Crippen LogP contribution in [-0.2, 0) is 0 Å². The maximum Gasteiger partial charge on any atom is 0.336 e. The highest BCUT2D eigenvalue weighted by Gasteiger charge is 2.16. The van der Waals surface area contributed by atoms with Gasteiger partial charge in [-0.05, 0) is 30.3 Å². The van der Waals surface area contributed by atoms with Crippen LogP contribution in [0.2, 0.25) is 0 Å². The zero-order valence-corrected chi connectivity index (χ0v) is 14.2. The van der Waals surface area contributed by atoms with Gasteiger partial charge in [-0.25, -0.2) is 9.78 Å². The summed E-state index contributed by atoms with van der Waals surface area (Å²) in [5, 5.41) is 0.925. The summed E-state index contributed by atoms with van der Waals surface area (Å²) in [7, 11) is 1.64. The van der Waals surface area contributed by atoms with Crippen molar-refractivity contribution in [1.29, 1.82) is 0 Å². The average Bonchev–Trinajstić information content (AvgIpc) is 3.00. The van der Waals surface area contributed by atoms with Gasteiger partial charge in [-0.15, -0.1) is 0 Å². The quantitative estimate of drug-likeness (QED) is 0.554. The lowest BCUT2D eigenvalue weighted by molar-refractivity contribution is 0.415. The predicted octanol–water partition coefficient (Wildman–Crippen LogP) is 4.11. The molecule has 0 saturated heterocycles. The van der Waals surface area contributed by atoms with Gasteiger partial charge in [0.1, 0.15) is 22.1 Å². The molecule has 0 radical (unpaired) electrons. The first-order chi connectivity index (χ1) is 12.2. The van der Waals surface area contributed by atoms with E-state index in [1.165, 1.54) is 24.1 Å².